The Balaban J connectivity index is -0.00000000450. The summed E-state index contributed by atoms with van der Waals surface area (Å²) in [7, 11) is 0. The molecule has 0 aromatic heterocycles. The molecule has 0 radical (unpaired) electrons. The van der Waals surface area contributed by atoms with Crippen LogP contribution in [0.3, 0.4) is 0 Å². The zero-order valence-electron chi connectivity index (χ0n) is 1.89. The van der Waals surface area contributed by atoms with Gasteiger partial charge in [0.25, 0.3) is 0 Å². The molecule has 0 amide bonds. The van der Waals surface area contributed by atoms with E-state index in [4.69, 9.17) is 10.5 Å². The molecule has 2 nitrogen and oxygen atoms in total. The second-order valence-corrected chi connectivity index (χ2v) is 0.224. The summed E-state index contributed by atoms with van der Waals surface area (Å²) < 4.78 is 0. The van der Waals surface area contributed by atoms with Gasteiger partial charge in [0.05, 0.1) is 0 Å². The molecular weight excluding hydrogens is 167 g/mol. The Labute approximate surface area is 166 Å². The Morgan fingerprint density at radius 1 is 0.556 bits per heavy atom. The average Bonchev–Trinajstić information content (AvgIpc) is 1.37. The van der Waals surface area contributed by atoms with Gasteiger partial charge in [0, 0.05) is 0 Å². The van der Waals surface area contributed by atoms with E-state index in [1.165, 1.54) is 12.1 Å². The van der Waals surface area contributed by atoms with Gasteiger partial charge in [0.15, 0.2) is 12.1 Å². The molecule has 0 N–H and O–H groups in total. The van der Waals surface area contributed by atoms with Crippen molar-refractivity contribution in [2.45, 2.75) is 0 Å². The van der Waals surface area contributed by atoms with Crippen LogP contribution in [0.4, 0.5) is 0 Å². The Bertz CT molecular complexity index is 67.9. The third-order valence-corrected chi connectivity index (χ3v) is 0.0500. The van der Waals surface area contributed by atoms with Crippen LogP contribution in [0.1, 0.15) is 0 Å². The Kier molecular flexibility index (Phi) is 172. The quantitative estimate of drug-likeness (QED) is 0.361. The summed E-state index contributed by atoms with van der Waals surface area (Å²) in [4.78, 5) is 0. The van der Waals surface area contributed by atoms with Gasteiger partial charge in [0.2, 0.25) is 0 Å². The molecular formula is C2H5N2Na5. The first-order valence-electron chi connectivity index (χ1n) is 0.697. The van der Waals surface area contributed by atoms with Gasteiger partial charge in [-0.1, -0.05) is 0 Å². The fourth-order valence-corrected chi connectivity index (χ4v) is 0. The molecule has 0 spiro atoms. The summed E-state index contributed by atoms with van der Waals surface area (Å²) in [6.07, 6.45) is 0. The number of nitrogens with zero attached hydrogens (tertiary/aromatic N) is 2. The Morgan fingerprint density at radius 2 is 0.667 bits per heavy atom. The first-order chi connectivity index (χ1) is 1.91. The van der Waals surface area contributed by atoms with Crippen LogP contribution in [-0.2, 0) is 0 Å². The van der Waals surface area contributed by atoms with Crippen molar-refractivity contribution in [1.82, 2.24) is 0 Å². The SMILES string of the molecule is N#CC#N.[NaH].[NaH].[NaH].[NaH].[NaH]. The molecule has 0 aromatic carbocycles. The van der Waals surface area contributed by atoms with E-state index in [-0.39, 0.29) is 148 Å². The van der Waals surface area contributed by atoms with E-state index in [1.807, 2.05) is 0 Å². The number of nitriles is 2. The molecule has 0 saturated carbocycles. The second-order valence-electron chi connectivity index (χ2n) is 0.224. The maximum absolute atomic E-state index is 7.26. The summed E-state index contributed by atoms with van der Waals surface area (Å²) in [5.41, 5.74) is 0. The molecule has 0 rings (SSSR count). The molecule has 7 heteroatoms. The van der Waals surface area contributed by atoms with Crippen LogP contribution in [0.2, 0.25) is 0 Å². The van der Waals surface area contributed by atoms with Gasteiger partial charge < -0.3 is 0 Å². The van der Waals surface area contributed by atoms with Crippen molar-refractivity contribution < 1.29 is 0 Å². The summed E-state index contributed by atoms with van der Waals surface area (Å²) in [6, 6.07) is 2.47. The monoisotopic (exact) mass is 172 g/mol. The third kappa shape index (κ3) is 48.1. The summed E-state index contributed by atoms with van der Waals surface area (Å²) in [6.45, 7) is 0. The number of hydrogen-bond acceptors (Lipinski definition) is 2. The van der Waals surface area contributed by atoms with Crippen molar-refractivity contribution in [2.75, 3.05) is 0 Å². The predicted molar refractivity (Wildman–Crippen MR) is 47.0 cm³/mol. The van der Waals surface area contributed by atoms with Crippen LogP contribution < -0.4 is 0 Å². The van der Waals surface area contributed by atoms with Crippen molar-refractivity contribution in [3.63, 3.8) is 0 Å². The van der Waals surface area contributed by atoms with Gasteiger partial charge in [-0.25, -0.2) is 0 Å². The molecule has 0 bridgehead atoms. The van der Waals surface area contributed by atoms with Crippen LogP contribution in [0.25, 0.3) is 0 Å². The van der Waals surface area contributed by atoms with Crippen LogP contribution in [0.5, 0.6) is 0 Å². The van der Waals surface area contributed by atoms with Crippen LogP contribution >= 0.6 is 0 Å². The standard InChI is InChI=1S/C2N2.5Na.5H/c3-1-2-4;;;;;;;;;;. The van der Waals surface area contributed by atoms with E-state index >= 15 is 0 Å². The topological polar surface area (TPSA) is 47.6 Å². The van der Waals surface area contributed by atoms with Gasteiger partial charge in [0.1, 0.15) is 0 Å². The molecule has 0 aliphatic carbocycles. The van der Waals surface area contributed by atoms with Crippen molar-refractivity contribution in [3.8, 4) is 12.1 Å². The average molecular weight is 172 g/mol. The molecule has 0 heterocycles. The second kappa shape index (κ2) is 40.4. The van der Waals surface area contributed by atoms with Crippen molar-refractivity contribution >= 4 is 148 Å². The third-order valence-electron chi connectivity index (χ3n) is 0.0500. The number of rotatable bonds is 0. The normalized spacial score (nSPS) is 1.11. The fraction of sp³-hybridized carbons (Fsp3) is 0. The predicted octanol–water partition coefficient (Wildman–Crippen LogP) is -3.21. The molecule has 0 saturated heterocycles. The summed E-state index contributed by atoms with van der Waals surface area (Å²) >= 11 is 0. The van der Waals surface area contributed by atoms with Gasteiger partial charge >= 0.3 is 148 Å². The van der Waals surface area contributed by atoms with E-state index in [9.17, 15) is 0 Å². The maximum atomic E-state index is 7.26. The van der Waals surface area contributed by atoms with Crippen LogP contribution in [0.15, 0.2) is 0 Å². The molecule has 28 valence electrons. The van der Waals surface area contributed by atoms with Gasteiger partial charge in [-0.15, -0.1) is 0 Å². The Morgan fingerprint density at radius 3 is 0.667 bits per heavy atom. The molecule has 0 aromatic rings. The minimum atomic E-state index is 0. The van der Waals surface area contributed by atoms with Crippen molar-refractivity contribution in [2.24, 2.45) is 0 Å². The molecule has 0 aliphatic rings. The van der Waals surface area contributed by atoms with Gasteiger partial charge in [-0.05, 0) is 0 Å². The first kappa shape index (κ1) is 38.2. The molecule has 0 atom stereocenters. The Hall–Kier alpha value is 3.98. The van der Waals surface area contributed by atoms with E-state index < -0.39 is 0 Å². The molecule has 9 heavy (non-hydrogen) atoms. The van der Waals surface area contributed by atoms with Gasteiger partial charge in [-0.2, -0.15) is 10.5 Å². The zero-order valence-corrected chi connectivity index (χ0v) is 1.89. The van der Waals surface area contributed by atoms with Crippen LogP contribution in [0, 0.1) is 22.7 Å². The summed E-state index contributed by atoms with van der Waals surface area (Å²) in [5, 5.41) is 14.5. The molecule has 0 fully saturated rings. The van der Waals surface area contributed by atoms with Crippen LogP contribution in [-0.4, -0.2) is 148 Å². The zero-order chi connectivity index (χ0) is 3.41. The van der Waals surface area contributed by atoms with Crippen molar-refractivity contribution in [1.29, 1.82) is 10.5 Å². The summed E-state index contributed by atoms with van der Waals surface area (Å²) in [5.74, 6) is 0. The van der Waals surface area contributed by atoms with Crippen molar-refractivity contribution in [3.05, 3.63) is 0 Å². The number of hydrogen-bond donors (Lipinski definition) is 0. The molecule has 0 unspecified atom stereocenters. The minimum absolute atomic E-state index is 0. The van der Waals surface area contributed by atoms with E-state index in [0.717, 1.165) is 0 Å². The van der Waals surface area contributed by atoms with Gasteiger partial charge in [-0.3, -0.25) is 0 Å². The van der Waals surface area contributed by atoms with E-state index in [2.05, 4.69) is 0 Å². The van der Waals surface area contributed by atoms with E-state index in [1.54, 1.807) is 0 Å². The first-order valence-corrected chi connectivity index (χ1v) is 0.697. The molecule has 0 aliphatic heterocycles. The fourth-order valence-electron chi connectivity index (χ4n) is 0. The van der Waals surface area contributed by atoms with E-state index in [0.29, 0.717) is 0 Å².